The number of carbonyl (C=O) groups is 1. The molecule has 0 saturated carbocycles. The summed E-state index contributed by atoms with van der Waals surface area (Å²) in [7, 11) is 4.51. The first kappa shape index (κ1) is 25.6. The standard InChI is InChI=1S/C24H28F3NO6/c1-30-20-8-7-17(22(31-2)23(20)32-3)12-21(29)28-9-10-34-19(13-28)15-33-14-16-5-4-6-18(11-16)24(25,26)27/h4-8,11,19H,9-10,12-15H2,1-3H3. The third-order valence-electron chi connectivity index (χ3n) is 5.45. The Kier molecular flexibility index (Phi) is 8.62. The van der Waals surface area contributed by atoms with Crippen molar-refractivity contribution in [3.63, 3.8) is 0 Å². The molecule has 0 spiro atoms. The van der Waals surface area contributed by atoms with Crippen LogP contribution in [0.3, 0.4) is 0 Å². The van der Waals surface area contributed by atoms with Gasteiger partial charge in [0.1, 0.15) is 0 Å². The van der Waals surface area contributed by atoms with Gasteiger partial charge in [-0.3, -0.25) is 4.79 Å². The van der Waals surface area contributed by atoms with Crippen molar-refractivity contribution in [2.45, 2.75) is 25.3 Å². The molecule has 1 saturated heterocycles. The van der Waals surface area contributed by atoms with Crippen LogP contribution in [0.5, 0.6) is 17.2 Å². The molecule has 2 aromatic rings. The van der Waals surface area contributed by atoms with Crippen LogP contribution in [0.15, 0.2) is 36.4 Å². The Labute approximate surface area is 196 Å². The van der Waals surface area contributed by atoms with E-state index in [4.69, 9.17) is 23.7 Å². The molecule has 0 radical (unpaired) electrons. The number of halogens is 3. The molecule has 0 bridgehead atoms. The quantitative estimate of drug-likeness (QED) is 0.542. The molecule has 1 aliphatic rings. The summed E-state index contributed by atoms with van der Waals surface area (Å²) in [6.07, 6.45) is -4.68. The first-order valence-electron chi connectivity index (χ1n) is 10.7. The van der Waals surface area contributed by atoms with Gasteiger partial charge in [0.15, 0.2) is 11.5 Å². The Bertz CT molecular complexity index is 982. The lowest BCUT2D eigenvalue weighted by molar-refractivity contribution is -0.140. The molecule has 0 aliphatic carbocycles. The average Bonchev–Trinajstić information content (AvgIpc) is 2.83. The number of rotatable bonds is 9. The Morgan fingerprint density at radius 2 is 1.85 bits per heavy atom. The van der Waals surface area contributed by atoms with Gasteiger partial charge >= 0.3 is 6.18 Å². The van der Waals surface area contributed by atoms with Crippen LogP contribution in [0.25, 0.3) is 0 Å². The highest BCUT2D eigenvalue weighted by molar-refractivity contribution is 5.80. The van der Waals surface area contributed by atoms with Crippen LogP contribution in [0.4, 0.5) is 13.2 Å². The number of methoxy groups -OCH3 is 3. The zero-order valence-electron chi connectivity index (χ0n) is 19.3. The summed E-state index contributed by atoms with van der Waals surface area (Å²) in [5.41, 5.74) is 0.359. The van der Waals surface area contributed by atoms with Gasteiger partial charge in [-0.25, -0.2) is 0 Å². The lowest BCUT2D eigenvalue weighted by Crippen LogP contribution is -2.47. The Morgan fingerprint density at radius 3 is 2.53 bits per heavy atom. The number of ether oxygens (including phenoxy) is 5. The van der Waals surface area contributed by atoms with Crippen LogP contribution < -0.4 is 14.2 Å². The maximum atomic E-state index is 13.0. The number of amides is 1. The van der Waals surface area contributed by atoms with Gasteiger partial charge in [-0.2, -0.15) is 13.2 Å². The van der Waals surface area contributed by atoms with Crippen LogP contribution >= 0.6 is 0 Å². The molecule has 2 aromatic carbocycles. The van der Waals surface area contributed by atoms with E-state index in [1.165, 1.54) is 27.4 Å². The highest BCUT2D eigenvalue weighted by Gasteiger charge is 2.30. The maximum Gasteiger partial charge on any atom is 0.416 e. The Balaban J connectivity index is 1.56. The zero-order valence-corrected chi connectivity index (χ0v) is 19.3. The van der Waals surface area contributed by atoms with Crippen molar-refractivity contribution < 1.29 is 41.7 Å². The molecule has 34 heavy (non-hydrogen) atoms. The molecule has 10 heteroatoms. The molecule has 3 rings (SSSR count). The first-order chi connectivity index (χ1) is 16.3. The molecule has 186 valence electrons. The topological polar surface area (TPSA) is 66.5 Å². The van der Waals surface area contributed by atoms with Gasteiger partial charge in [-0.1, -0.05) is 18.2 Å². The highest BCUT2D eigenvalue weighted by Crippen LogP contribution is 2.40. The molecule has 1 amide bonds. The number of morpholine rings is 1. The number of hydrogen-bond donors (Lipinski definition) is 0. The molecule has 0 aromatic heterocycles. The fraction of sp³-hybridized carbons (Fsp3) is 0.458. The van der Waals surface area contributed by atoms with E-state index in [0.717, 1.165) is 12.1 Å². The van der Waals surface area contributed by atoms with Crippen molar-refractivity contribution in [3.8, 4) is 17.2 Å². The van der Waals surface area contributed by atoms with Crippen molar-refractivity contribution in [3.05, 3.63) is 53.1 Å². The minimum atomic E-state index is -4.40. The molecule has 0 N–H and O–H groups in total. The molecule has 1 fully saturated rings. The lowest BCUT2D eigenvalue weighted by atomic mass is 10.1. The number of carbonyl (C=O) groups excluding carboxylic acids is 1. The van der Waals surface area contributed by atoms with Crippen LogP contribution in [-0.4, -0.2) is 64.5 Å². The van der Waals surface area contributed by atoms with Crippen LogP contribution in [0.2, 0.25) is 0 Å². The highest BCUT2D eigenvalue weighted by atomic mass is 19.4. The second kappa shape index (κ2) is 11.4. The third-order valence-corrected chi connectivity index (χ3v) is 5.45. The predicted molar refractivity (Wildman–Crippen MR) is 117 cm³/mol. The van der Waals surface area contributed by atoms with E-state index in [1.807, 2.05) is 0 Å². The maximum absolute atomic E-state index is 13.0. The monoisotopic (exact) mass is 483 g/mol. The van der Waals surface area contributed by atoms with Crippen molar-refractivity contribution in [1.82, 2.24) is 4.90 Å². The van der Waals surface area contributed by atoms with E-state index in [-0.39, 0.29) is 31.6 Å². The van der Waals surface area contributed by atoms with Crippen molar-refractivity contribution in [2.75, 3.05) is 47.6 Å². The molecule has 1 atom stereocenters. The van der Waals surface area contributed by atoms with Gasteiger partial charge in [-0.05, 0) is 23.8 Å². The normalized spacial score (nSPS) is 16.3. The summed E-state index contributed by atoms with van der Waals surface area (Å²) in [4.78, 5) is 14.6. The van der Waals surface area contributed by atoms with Gasteiger partial charge in [0, 0.05) is 18.7 Å². The molecule has 1 unspecified atom stereocenters. The lowest BCUT2D eigenvalue weighted by Gasteiger charge is -2.33. The number of alkyl halides is 3. The largest absolute Gasteiger partial charge is 0.493 e. The zero-order chi connectivity index (χ0) is 24.7. The fourth-order valence-corrected chi connectivity index (χ4v) is 3.77. The van der Waals surface area contributed by atoms with Crippen molar-refractivity contribution in [1.29, 1.82) is 0 Å². The van der Waals surface area contributed by atoms with E-state index in [2.05, 4.69) is 0 Å². The van der Waals surface area contributed by atoms with E-state index in [9.17, 15) is 18.0 Å². The SMILES string of the molecule is COc1ccc(CC(=O)N2CCOC(COCc3cccc(C(F)(F)F)c3)C2)c(OC)c1OC. The molecule has 7 nitrogen and oxygen atoms in total. The molecular formula is C24H28F3NO6. The summed E-state index contributed by atoms with van der Waals surface area (Å²) in [5.74, 6) is 1.24. The van der Waals surface area contributed by atoms with Gasteiger partial charge < -0.3 is 28.6 Å². The van der Waals surface area contributed by atoms with Gasteiger partial charge in [-0.15, -0.1) is 0 Å². The summed E-state index contributed by atoms with van der Waals surface area (Å²) < 4.78 is 66.0. The van der Waals surface area contributed by atoms with Gasteiger partial charge in [0.25, 0.3) is 0 Å². The fourth-order valence-electron chi connectivity index (χ4n) is 3.77. The summed E-state index contributed by atoms with van der Waals surface area (Å²) >= 11 is 0. The second-order valence-corrected chi connectivity index (χ2v) is 7.72. The minimum Gasteiger partial charge on any atom is -0.493 e. The first-order valence-corrected chi connectivity index (χ1v) is 10.7. The Hall–Kier alpha value is -2.98. The Morgan fingerprint density at radius 1 is 1.09 bits per heavy atom. The molecule has 1 aliphatic heterocycles. The molecular weight excluding hydrogens is 455 g/mol. The molecule has 1 heterocycles. The number of nitrogens with zero attached hydrogens (tertiary/aromatic N) is 1. The summed E-state index contributed by atoms with van der Waals surface area (Å²) in [6, 6.07) is 8.48. The van der Waals surface area contributed by atoms with Gasteiger partial charge in [0.2, 0.25) is 11.7 Å². The van der Waals surface area contributed by atoms with Gasteiger partial charge in [0.05, 0.1) is 59.2 Å². The van der Waals surface area contributed by atoms with Crippen molar-refractivity contribution in [2.24, 2.45) is 0 Å². The minimum absolute atomic E-state index is 0.0145. The average molecular weight is 483 g/mol. The smallest absolute Gasteiger partial charge is 0.416 e. The van der Waals surface area contributed by atoms with E-state index in [0.29, 0.717) is 48.1 Å². The second-order valence-electron chi connectivity index (χ2n) is 7.72. The van der Waals surface area contributed by atoms with Crippen molar-refractivity contribution >= 4 is 5.91 Å². The van der Waals surface area contributed by atoms with E-state index in [1.54, 1.807) is 23.1 Å². The van der Waals surface area contributed by atoms with E-state index >= 15 is 0 Å². The number of hydrogen-bond acceptors (Lipinski definition) is 6. The van der Waals surface area contributed by atoms with Crippen LogP contribution in [0, 0.1) is 0 Å². The summed E-state index contributed by atoms with van der Waals surface area (Å²) in [5, 5.41) is 0. The van der Waals surface area contributed by atoms with Crippen LogP contribution in [0.1, 0.15) is 16.7 Å². The summed E-state index contributed by atoms with van der Waals surface area (Å²) in [6.45, 7) is 1.25. The van der Waals surface area contributed by atoms with Crippen LogP contribution in [-0.2, 0) is 33.5 Å². The predicted octanol–water partition coefficient (Wildman–Crippen LogP) is 3.72. The number of benzene rings is 2. The van der Waals surface area contributed by atoms with E-state index < -0.39 is 11.7 Å². The third kappa shape index (κ3) is 6.32.